The van der Waals surface area contributed by atoms with Crippen molar-refractivity contribution < 1.29 is 13.9 Å². The van der Waals surface area contributed by atoms with Crippen LogP contribution in [0.15, 0.2) is 0 Å². The van der Waals surface area contributed by atoms with E-state index < -0.39 is 12.8 Å². The average Bonchev–Trinajstić information content (AvgIpc) is 1.89. The first kappa shape index (κ1) is 8.82. The molecular formula is C6H12F2O. The van der Waals surface area contributed by atoms with Gasteiger partial charge >= 0.3 is 0 Å². The van der Waals surface area contributed by atoms with Crippen molar-refractivity contribution in [1.82, 2.24) is 0 Å². The third-order valence-corrected chi connectivity index (χ3v) is 1.09. The molecule has 0 aromatic heterocycles. The summed E-state index contributed by atoms with van der Waals surface area (Å²) in [4.78, 5) is 0. The lowest BCUT2D eigenvalue weighted by molar-refractivity contribution is 0.228. The summed E-state index contributed by atoms with van der Waals surface area (Å²) in [6.45, 7) is -0.829. The van der Waals surface area contributed by atoms with Crippen molar-refractivity contribution in [3.05, 3.63) is 0 Å². The first-order chi connectivity index (χ1) is 4.31. The van der Waals surface area contributed by atoms with Crippen LogP contribution in [0, 0.1) is 0 Å². The summed E-state index contributed by atoms with van der Waals surface area (Å²) in [5.74, 6) is 0. The summed E-state index contributed by atoms with van der Waals surface area (Å²) in [6, 6.07) is 0. The van der Waals surface area contributed by atoms with Gasteiger partial charge in [-0.05, 0) is 19.3 Å². The van der Waals surface area contributed by atoms with E-state index in [4.69, 9.17) is 5.11 Å². The molecule has 0 amide bonds. The average molecular weight is 138 g/mol. The van der Waals surface area contributed by atoms with E-state index >= 15 is 0 Å². The number of alkyl halides is 2. The lowest BCUT2D eigenvalue weighted by Crippen LogP contribution is -2.01. The Morgan fingerprint density at radius 1 is 1.33 bits per heavy atom. The summed E-state index contributed by atoms with van der Waals surface area (Å²) < 4.78 is 23.4. The van der Waals surface area contributed by atoms with Crippen molar-refractivity contribution in [2.45, 2.75) is 25.4 Å². The predicted molar refractivity (Wildman–Crippen MR) is 31.8 cm³/mol. The van der Waals surface area contributed by atoms with E-state index in [1.54, 1.807) is 0 Å². The third kappa shape index (κ3) is 5.69. The van der Waals surface area contributed by atoms with E-state index in [9.17, 15) is 8.78 Å². The van der Waals surface area contributed by atoms with E-state index in [0.717, 1.165) is 0 Å². The van der Waals surface area contributed by atoms with E-state index in [-0.39, 0.29) is 13.0 Å². The molecule has 0 rings (SSSR count). The Labute approximate surface area is 53.7 Å². The normalized spacial score (nSPS) is 13.7. The Kier molecular flexibility index (Phi) is 5.83. The zero-order chi connectivity index (χ0) is 7.11. The molecule has 0 aromatic carbocycles. The molecule has 56 valence electrons. The minimum absolute atomic E-state index is 0.0685. The van der Waals surface area contributed by atoms with Crippen LogP contribution in [0.1, 0.15) is 19.3 Å². The molecule has 0 heterocycles. The van der Waals surface area contributed by atoms with Gasteiger partial charge in [0.2, 0.25) is 0 Å². The Balaban J connectivity index is 2.88. The molecule has 0 aliphatic heterocycles. The highest BCUT2D eigenvalue weighted by atomic mass is 19.2. The standard InChI is InChI=1S/C6H12F2O/c7-5-6(8)3-1-2-4-9/h6,9H,1-5H2. The van der Waals surface area contributed by atoms with Crippen molar-refractivity contribution in [2.75, 3.05) is 13.3 Å². The topological polar surface area (TPSA) is 20.2 Å². The molecular weight excluding hydrogens is 126 g/mol. The Morgan fingerprint density at radius 3 is 2.44 bits per heavy atom. The molecule has 0 bridgehead atoms. The number of unbranched alkanes of at least 4 members (excludes halogenated alkanes) is 1. The molecule has 1 N–H and O–H groups in total. The molecule has 9 heavy (non-hydrogen) atoms. The van der Waals surface area contributed by atoms with Gasteiger partial charge in [-0.3, -0.25) is 0 Å². The molecule has 0 saturated carbocycles. The number of aliphatic hydroxyl groups excluding tert-OH is 1. The van der Waals surface area contributed by atoms with Crippen molar-refractivity contribution in [3.8, 4) is 0 Å². The predicted octanol–water partition coefficient (Wildman–Crippen LogP) is 1.46. The Bertz CT molecular complexity index is 59.0. The number of aliphatic hydroxyl groups is 1. The van der Waals surface area contributed by atoms with Gasteiger partial charge in [-0.15, -0.1) is 0 Å². The van der Waals surface area contributed by atoms with Crippen LogP contribution in [0.3, 0.4) is 0 Å². The smallest absolute Gasteiger partial charge is 0.128 e. The van der Waals surface area contributed by atoms with Gasteiger partial charge in [0, 0.05) is 6.61 Å². The van der Waals surface area contributed by atoms with Crippen molar-refractivity contribution in [2.24, 2.45) is 0 Å². The van der Waals surface area contributed by atoms with Crippen LogP contribution in [-0.4, -0.2) is 24.6 Å². The molecule has 3 heteroatoms. The van der Waals surface area contributed by atoms with E-state index in [1.807, 2.05) is 0 Å². The Hall–Kier alpha value is -0.180. The lowest BCUT2D eigenvalue weighted by atomic mass is 10.2. The number of halogens is 2. The second-order valence-electron chi connectivity index (χ2n) is 1.97. The molecule has 0 radical (unpaired) electrons. The van der Waals surface area contributed by atoms with Crippen molar-refractivity contribution in [1.29, 1.82) is 0 Å². The zero-order valence-corrected chi connectivity index (χ0v) is 5.32. The van der Waals surface area contributed by atoms with Gasteiger partial charge in [-0.1, -0.05) is 0 Å². The monoisotopic (exact) mass is 138 g/mol. The summed E-state index contributed by atoms with van der Waals surface area (Å²) in [5.41, 5.74) is 0. The summed E-state index contributed by atoms with van der Waals surface area (Å²) in [7, 11) is 0. The van der Waals surface area contributed by atoms with Crippen LogP contribution in [0.4, 0.5) is 8.78 Å². The quantitative estimate of drug-likeness (QED) is 0.570. The minimum atomic E-state index is -1.32. The van der Waals surface area contributed by atoms with Gasteiger partial charge in [0.15, 0.2) is 0 Å². The highest BCUT2D eigenvalue weighted by molar-refractivity contribution is 4.52. The lowest BCUT2D eigenvalue weighted by Gasteiger charge is -1.99. The molecule has 0 spiro atoms. The van der Waals surface area contributed by atoms with E-state index in [1.165, 1.54) is 0 Å². The maximum atomic E-state index is 12.0. The summed E-state index contributed by atoms with van der Waals surface area (Å²) in [6.07, 6.45) is 0.0514. The van der Waals surface area contributed by atoms with Crippen LogP contribution < -0.4 is 0 Å². The maximum Gasteiger partial charge on any atom is 0.128 e. The van der Waals surface area contributed by atoms with Crippen LogP contribution >= 0.6 is 0 Å². The van der Waals surface area contributed by atoms with Crippen molar-refractivity contribution >= 4 is 0 Å². The fourth-order valence-electron chi connectivity index (χ4n) is 0.555. The number of hydrogen-bond acceptors (Lipinski definition) is 1. The molecule has 1 nitrogen and oxygen atoms in total. The Morgan fingerprint density at radius 2 is 2.00 bits per heavy atom. The second-order valence-corrected chi connectivity index (χ2v) is 1.97. The second kappa shape index (κ2) is 5.95. The summed E-state index contributed by atoms with van der Waals surface area (Å²) in [5, 5.41) is 8.24. The van der Waals surface area contributed by atoms with Crippen LogP contribution in [-0.2, 0) is 0 Å². The first-order valence-corrected chi connectivity index (χ1v) is 3.12. The van der Waals surface area contributed by atoms with Crippen LogP contribution in [0.2, 0.25) is 0 Å². The van der Waals surface area contributed by atoms with Gasteiger partial charge in [-0.2, -0.15) is 0 Å². The minimum Gasteiger partial charge on any atom is -0.396 e. The van der Waals surface area contributed by atoms with E-state index in [0.29, 0.717) is 12.8 Å². The highest BCUT2D eigenvalue weighted by Gasteiger charge is 2.03. The molecule has 0 aliphatic carbocycles. The fraction of sp³-hybridized carbons (Fsp3) is 1.00. The maximum absolute atomic E-state index is 12.0. The third-order valence-electron chi connectivity index (χ3n) is 1.09. The number of rotatable bonds is 5. The van der Waals surface area contributed by atoms with Crippen molar-refractivity contribution in [3.63, 3.8) is 0 Å². The van der Waals surface area contributed by atoms with E-state index in [2.05, 4.69) is 0 Å². The van der Waals surface area contributed by atoms with Crippen LogP contribution in [0.25, 0.3) is 0 Å². The fourth-order valence-corrected chi connectivity index (χ4v) is 0.555. The summed E-state index contributed by atoms with van der Waals surface area (Å²) >= 11 is 0. The highest BCUT2D eigenvalue weighted by Crippen LogP contribution is 2.04. The molecule has 0 saturated heterocycles. The molecule has 0 aromatic rings. The van der Waals surface area contributed by atoms with Gasteiger partial charge in [0.05, 0.1) is 0 Å². The molecule has 0 fully saturated rings. The zero-order valence-electron chi connectivity index (χ0n) is 5.32. The molecule has 0 aliphatic rings. The van der Waals surface area contributed by atoms with Gasteiger partial charge in [0.25, 0.3) is 0 Å². The molecule has 1 unspecified atom stereocenters. The number of hydrogen-bond donors (Lipinski definition) is 1. The first-order valence-electron chi connectivity index (χ1n) is 3.12. The molecule has 1 atom stereocenters. The van der Waals surface area contributed by atoms with Crippen LogP contribution in [0.5, 0.6) is 0 Å². The largest absolute Gasteiger partial charge is 0.396 e. The van der Waals surface area contributed by atoms with Gasteiger partial charge in [0.1, 0.15) is 12.8 Å². The SMILES string of the molecule is OCCCCC(F)CF. The van der Waals surface area contributed by atoms with Gasteiger partial charge < -0.3 is 5.11 Å². The van der Waals surface area contributed by atoms with Gasteiger partial charge in [-0.25, -0.2) is 8.78 Å².